The van der Waals surface area contributed by atoms with E-state index in [9.17, 15) is 23.1 Å². The molecule has 1 N–H and O–H groups in total. The molecule has 0 radical (unpaired) electrons. The first-order valence-corrected chi connectivity index (χ1v) is 8.38. The molecule has 1 aliphatic rings. The SMILES string of the molecule is CCC1(c2cc(C(F)(F)F)cnc2C)CCC(C(C)C(=O)O)CC1. The third kappa shape index (κ3) is 3.57. The molecular weight excluding hydrogens is 319 g/mol. The zero-order chi connectivity index (χ0) is 18.1. The molecule has 0 aliphatic heterocycles. The number of carboxylic acid groups (broad SMARTS) is 1. The van der Waals surface area contributed by atoms with Crippen molar-refractivity contribution in [1.82, 2.24) is 4.98 Å². The van der Waals surface area contributed by atoms with Gasteiger partial charge in [0.1, 0.15) is 0 Å². The Balaban J connectivity index is 2.31. The minimum Gasteiger partial charge on any atom is -0.481 e. The average Bonchev–Trinajstić information content (AvgIpc) is 2.53. The van der Waals surface area contributed by atoms with Crippen LogP contribution in [0, 0.1) is 18.8 Å². The number of pyridine rings is 1. The van der Waals surface area contributed by atoms with Crippen molar-refractivity contribution in [1.29, 1.82) is 0 Å². The molecule has 1 saturated carbocycles. The molecule has 1 unspecified atom stereocenters. The molecule has 1 aliphatic carbocycles. The van der Waals surface area contributed by atoms with Gasteiger partial charge in [-0.3, -0.25) is 9.78 Å². The summed E-state index contributed by atoms with van der Waals surface area (Å²) in [7, 11) is 0. The van der Waals surface area contributed by atoms with Gasteiger partial charge in [-0.25, -0.2) is 0 Å². The first-order valence-electron chi connectivity index (χ1n) is 8.38. The lowest BCUT2D eigenvalue weighted by molar-refractivity contribution is -0.143. The molecule has 0 aromatic carbocycles. The van der Waals surface area contributed by atoms with Gasteiger partial charge in [0.2, 0.25) is 0 Å². The van der Waals surface area contributed by atoms with Gasteiger partial charge in [-0.05, 0) is 62.0 Å². The van der Waals surface area contributed by atoms with Crippen LogP contribution in [0.3, 0.4) is 0 Å². The van der Waals surface area contributed by atoms with E-state index in [0.29, 0.717) is 24.1 Å². The number of hydrogen-bond donors (Lipinski definition) is 1. The average molecular weight is 343 g/mol. The molecule has 1 aromatic heterocycles. The fourth-order valence-electron chi connectivity index (χ4n) is 3.93. The fraction of sp³-hybridized carbons (Fsp3) is 0.667. The highest BCUT2D eigenvalue weighted by atomic mass is 19.4. The maximum Gasteiger partial charge on any atom is 0.417 e. The molecule has 3 nitrogen and oxygen atoms in total. The first-order chi connectivity index (χ1) is 11.1. The third-order valence-electron chi connectivity index (χ3n) is 5.75. The van der Waals surface area contributed by atoms with E-state index in [1.165, 1.54) is 6.07 Å². The van der Waals surface area contributed by atoms with E-state index in [0.717, 1.165) is 25.5 Å². The van der Waals surface area contributed by atoms with Gasteiger partial charge < -0.3 is 5.11 Å². The normalized spacial score (nSPS) is 26.2. The van der Waals surface area contributed by atoms with Crippen molar-refractivity contribution in [3.63, 3.8) is 0 Å². The van der Waals surface area contributed by atoms with E-state index in [4.69, 9.17) is 0 Å². The predicted octanol–water partition coefficient (Wildman–Crippen LogP) is 4.97. The maximum absolute atomic E-state index is 13.0. The van der Waals surface area contributed by atoms with Crippen molar-refractivity contribution >= 4 is 5.97 Å². The minimum atomic E-state index is -4.40. The van der Waals surface area contributed by atoms with E-state index in [-0.39, 0.29) is 11.3 Å². The van der Waals surface area contributed by atoms with Crippen molar-refractivity contribution in [2.75, 3.05) is 0 Å². The van der Waals surface area contributed by atoms with E-state index < -0.39 is 23.6 Å². The van der Waals surface area contributed by atoms with Crippen molar-refractivity contribution in [3.8, 4) is 0 Å². The Morgan fingerprint density at radius 3 is 2.46 bits per heavy atom. The number of aryl methyl sites for hydroxylation is 1. The lowest BCUT2D eigenvalue weighted by Gasteiger charge is -2.42. The quantitative estimate of drug-likeness (QED) is 0.840. The largest absolute Gasteiger partial charge is 0.481 e. The Morgan fingerprint density at radius 1 is 1.42 bits per heavy atom. The molecule has 134 valence electrons. The highest BCUT2D eigenvalue weighted by molar-refractivity contribution is 5.69. The van der Waals surface area contributed by atoms with Crippen LogP contribution in [0.4, 0.5) is 13.2 Å². The van der Waals surface area contributed by atoms with Crippen LogP contribution in [0.2, 0.25) is 0 Å². The molecule has 6 heteroatoms. The van der Waals surface area contributed by atoms with E-state index in [2.05, 4.69) is 4.98 Å². The summed E-state index contributed by atoms with van der Waals surface area (Å²) in [5, 5.41) is 9.17. The Bertz CT molecular complexity index is 605. The summed E-state index contributed by atoms with van der Waals surface area (Å²) >= 11 is 0. The summed E-state index contributed by atoms with van der Waals surface area (Å²) in [6, 6.07) is 1.24. The molecule has 1 fully saturated rings. The molecule has 0 spiro atoms. The van der Waals surface area contributed by atoms with Gasteiger partial charge in [0.05, 0.1) is 11.5 Å². The minimum absolute atomic E-state index is 0.0845. The summed E-state index contributed by atoms with van der Waals surface area (Å²) in [6.45, 7) is 5.45. The Labute approximate surface area is 140 Å². The zero-order valence-corrected chi connectivity index (χ0v) is 14.3. The molecule has 1 aromatic rings. The van der Waals surface area contributed by atoms with Crippen molar-refractivity contribution in [2.24, 2.45) is 11.8 Å². The van der Waals surface area contributed by atoms with Gasteiger partial charge in [0.15, 0.2) is 0 Å². The van der Waals surface area contributed by atoms with Crippen LogP contribution in [0.15, 0.2) is 12.3 Å². The van der Waals surface area contributed by atoms with Crippen molar-refractivity contribution < 1.29 is 23.1 Å². The lowest BCUT2D eigenvalue weighted by Crippen LogP contribution is -2.35. The standard InChI is InChI=1S/C18H24F3NO2/c1-4-17(7-5-13(6-8-17)11(2)16(23)24)15-9-14(18(19,20)21)10-22-12(15)3/h9-11,13H,4-8H2,1-3H3,(H,23,24). The zero-order valence-electron chi connectivity index (χ0n) is 14.3. The number of alkyl halides is 3. The van der Waals surface area contributed by atoms with Gasteiger partial charge in [-0.15, -0.1) is 0 Å². The van der Waals surface area contributed by atoms with E-state index >= 15 is 0 Å². The monoisotopic (exact) mass is 343 g/mol. The molecule has 0 bridgehead atoms. The summed E-state index contributed by atoms with van der Waals surface area (Å²) in [5.41, 5.74) is 0.250. The Morgan fingerprint density at radius 2 is 2.00 bits per heavy atom. The molecule has 24 heavy (non-hydrogen) atoms. The topological polar surface area (TPSA) is 50.2 Å². The van der Waals surface area contributed by atoms with Crippen LogP contribution in [0.5, 0.6) is 0 Å². The van der Waals surface area contributed by atoms with Gasteiger partial charge in [-0.2, -0.15) is 13.2 Å². The molecule has 0 saturated heterocycles. The molecule has 1 heterocycles. The number of rotatable bonds is 4. The number of aromatic nitrogens is 1. The third-order valence-corrected chi connectivity index (χ3v) is 5.75. The number of carbonyl (C=O) groups is 1. The van der Waals surface area contributed by atoms with Crippen LogP contribution >= 0.6 is 0 Å². The highest BCUT2D eigenvalue weighted by Gasteiger charge is 2.41. The molecule has 1 atom stereocenters. The number of aliphatic carboxylic acids is 1. The summed E-state index contributed by atoms with van der Waals surface area (Å²) in [4.78, 5) is 15.2. The van der Waals surface area contributed by atoms with Crippen molar-refractivity contribution in [2.45, 2.75) is 64.5 Å². The van der Waals surface area contributed by atoms with Crippen LogP contribution in [0.1, 0.15) is 62.8 Å². The van der Waals surface area contributed by atoms with Gasteiger partial charge in [0.25, 0.3) is 0 Å². The Kier molecular flexibility index (Phi) is 5.25. The second-order valence-electron chi connectivity index (χ2n) is 6.95. The van der Waals surface area contributed by atoms with Gasteiger partial charge in [0, 0.05) is 11.9 Å². The smallest absolute Gasteiger partial charge is 0.417 e. The van der Waals surface area contributed by atoms with Crippen LogP contribution < -0.4 is 0 Å². The lowest BCUT2D eigenvalue weighted by atomic mass is 9.63. The number of halogens is 3. The second-order valence-corrected chi connectivity index (χ2v) is 6.95. The maximum atomic E-state index is 13.0. The van der Waals surface area contributed by atoms with Gasteiger partial charge in [-0.1, -0.05) is 13.8 Å². The molecule has 2 rings (SSSR count). The molecule has 0 amide bonds. The van der Waals surface area contributed by atoms with Crippen LogP contribution in [-0.2, 0) is 16.4 Å². The van der Waals surface area contributed by atoms with E-state index in [1.54, 1.807) is 13.8 Å². The predicted molar refractivity (Wildman–Crippen MR) is 84.7 cm³/mol. The summed E-state index contributed by atoms with van der Waals surface area (Å²) in [6.07, 6.45) is 0.0595. The highest BCUT2D eigenvalue weighted by Crippen LogP contribution is 2.47. The number of hydrogen-bond acceptors (Lipinski definition) is 2. The Hall–Kier alpha value is -1.59. The summed E-state index contributed by atoms with van der Waals surface area (Å²) in [5.74, 6) is -1.14. The number of nitrogens with zero attached hydrogens (tertiary/aromatic N) is 1. The van der Waals surface area contributed by atoms with Crippen LogP contribution in [0.25, 0.3) is 0 Å². The van der Waals surface area contributed by atoms with E-state index in [1.807, 2.05) is 6.92 Å². The molecular formula is C18H24F3NO2. The second kappa shape index (κ2) is 6.73. The van der Waals surface area contributed by atoms with Crippen molar-refractivity contribution in [3.05, 3.63) is 29.1 Å². The summed E-state index contributed by atoms with van der Waals surface area (Å²) < 4.78 is 39.1. The fourth-order valence-corrected chi connectivity index (χ4v) is 3.93. The van der Waals surface area contributed by atoms with Gasteiger partial charge >= 0.3 is 12.1 Å². The first kappa shape index (κ1) is 18.7. The number of carboxylic acids is 1. The van der Waals surface area contributed by atoms with Crippen LogP contribution in [-0.4, -0.2) is 16.1 Å².